The van der Waals surface area contributed by atoms with Crippen LogP contribution in [-0.4, -0.2) is 24.5 Å². The molecular formula is C23H26N2O3. The topological polar surface area (TPSA) is 71.2 Å². The first-order valence-electron chi connectivity index (χ1n) is 9.49. The van der Waals surface area contributed by atoms with Gasteiger partial charge in [0.05, 0.1) is 7.11 Å². The number of ether oxygens (including phenoxy) is 1. The maximum atomic E-state index is 12.3. The molecule has 1 heterocycles. The van der Waals surface area contributed by atoms with Crippen molar-refractivity contribution in [2.45, 2.75) is 32.6 Å². The van der Waals surface area contributed by atoms with Crippen molar-refractivity contribution in [3.05, 3.63) is 75.6 Å². The quantitative estimate of drug-likeness (QED) is 0.659. The van der Waals surface area contributed by atoms with Crippen LogP contribution in [0.3, 0.4) is 0 Å². The highest BCUT2D eigenvalue weighted by atomic mass is 16.5. The highest BCUT2D eigenvalue weighted by Crippen LogP contribution is 2.21. The minimum Gasteiger partial charge on any atom is -0.497 e. The van der Waals surface area contributed by atoms with Gasteiger partial charge in [-0.2, -0.15) is 0 Å². The molecule has 0 aliphatic heterocycles. The van der Waals surface area contributed by atoms with E-state index in [9.17, 15) is 9.59 Å². The zero-order valence-corrected chi connectivity index (χ0v) is 16.5. The van der Waals surface area contributed by atoms with E-state index >= 15 is 0 Å². The lowest BCUT2D eigenvalue weighted by Gasteiger charge is -2.13. The fraction of sp³-hybridized carbons (Fsp3) is 0.304. The van der Waals surface area contributed by atoms with Gasteiger partial charge in [-0.15, -0.1) is 0 Å². The van der Waals surface area contributed by atoms with Crippen LogP contribution in [0, 0.1) is 6.92 Å². The molecule has 0 bridgehead atoms. The molecule has 0 aliphatic rings. The van der Waals surface area contributed by atoms with Crippen LogP contribution in [-0.2, 0) is 11.2 Å². The van der Waals surface area contributed by atoms with E-state index in [1.165, 1.54) is 0 Å². The summed E-state index contributed by atoms with van der Waals surface area (Å²) in [5, 5.41) is 3.93. The molecule has 1 unspecified atom stereocenters. The second-order valence-corrected chi connectivity index (χ2v) is 7.19. The first-order chi connectivity index (χ1) is 13.5. The molecule has 3 aromatic rings. The Hall–Kier alpha value is -3.08. The fourth-order valence-corrected chi connectivity index (χ4v) is 3.29. The summed E-state index contributed by atoms with van der Waals surface area (Å²) < 4.78 is 5.16. The number of nitrogens with one attached hydrogen (secondary N) is 2. The SMILES string of the molecule is COc1ccc(C(C)CC(=O)NCCc2cc3cc(C)ccc3[nH]c2=O)cc1. The van der Waals surface area contributed by atoms with Crippen molar-refractivity contribution in [2.75, 3.05) is 13.7 Å². The van der Waals surface area contributed by atoms with Gasteiger partial charge < -0.3 is 15.0 Å². The average Bonchev–Trinajstić information content (AvgIpc) is 2.68. The van der Waals surface area contributed by atoms with Gasteiger partial charge in [-0.05, 0) is 60.5 Å². The molecule has 0 saturated carbocycles. The lowest BCUT2D eigenvalue weighted by atomic mass is 9.97. The van der Waals surface area contributed by atoms with Gasteiger partial charge in [-0.25, -0.2) is 0 Å². The van der Waals surface area contributed by atoms with Crippen molar-refractivity contribution in [3.8, 4) is 5.75 Å². The van der Waals surface area contributed by atoms with Gasteiger partial charge in [-0.1, -0.05) is 30.7 Å². The normalized spacial score (nSPS) is 12.0. The van der Waals surface area contributed by atoms with Crippen molar-refractivity contribution in [1.29, 1.82) is 0 Å². The number of hydrogen-bond acceptors (Lipinski definition) is 3. The first-order valence-corrected chi connectivity index (χ1v) is 9.49. The summed E-state index contributed by atoms with van der Waals surface area (Å²) >= 11 is 0. The molecule has 5 heteroatoms. The van der Waals surface area contributed by atoms with Crippen LogP contribution in [0.2, 0.25) is 0 Å². The third kappa shape index (κ3) is 4.80. The molecule has 146 valence electrons. The van der Waals surface area contributed by atoms with Crippen LogP contribution in [0.25, 0.3) is 10.9 Å². The zero-order chi connectivity index (χ0) is 20.1. The van der Waals surface area contributed by atoms with E-state index in [0.717, 1.165) is 27.8 Å². The van der Waals surface area contributed by atoms with Gasteiger partial charge in [0.2, 0.25) is 5.91 Å². The van der Waals surface area contributed by atoms with Crippen LogP contribution in [0.5, 0.6) is 5.75 Å². The molecule has 2 aromatic carbocycles. The molecule has 0 fully saturated rings. The largest absolute Gasteiger partial charge is 0.497 e. The number of aryl methyl sites for hydroxylation is 1. The standard InChI is InChI=1S/C23H26N2O3/c1-15-4-9-21-19(12-15)14-18(23(27)25-21)10-11-24-22(26)13-16(2)17-5-7-20(28-3)8-6-17/h4-9,12,14,16H,10-11,13H2,1-3H3,(H,24,26)(H,25,27). The predicted octanol–water partition coefficient (Wildman–Crippen LogP) is 3.70. The molecule has 0 aliphatic carbocycles. The number of pyridine rings is 1. The Morgan fingerprint density at radius 3 is 2.61 bits per heavy atom. The van der Waals surface area contributed by atoms with Gasteiger partial charge in [0, 0.05) is 24.0 Å². The van der Waals surface area contributed by atoms with Crippen molar-refractivity contribution >= 4 is 16.8 Å². The first kappa shape index (κ1) is 19.7. The summed E-state index contributed by atoms with van der Waals surface area (Å²) in [5.41, 5.74) is 3.65. The van der Waals surface area contributed by atoms with Gasteiger partial charge in [-0.3, -0.25) is 9.59 Å². The zero-order valence-electron chi connectivity index (χ0n) is 16.5. The summed E-state index contributed by atoms with van der Waals surface area (Å²) in [5.74, 6) is 0.894. The van der Waals surface area contributed by atoms with Crippen LogP contribution < -0.4 is 15.6 Å². The Morgan fingerprint density at radius 2 is 1.89 bits per heavy atom. The Morgan fingerprint density at radius 1 is 1.14 bits per heavy atom. The maximum absolute atomic E-state index is 12.3. The fourth-order valence-electron chi connectivity index (χ4n) is 3.29. The number of amides is 1. The van der Waals surface area contributed by atoms with E-state index in [1.54, 1.807) is 7.11 Å². The Labute approximate surface area is 164 Å². The van der Waals surface area contributed by atoms with Crippen molar-refractivity contribution in [2.24, 2.45) is 0 Å². The third-order valence-corrected chi connectivity index (χ3v) is 4.97. The predicted molar refractivity (Wildman–Crippen MR) is 112 cm³/mol. The minimum atomic E-state index is -0.0998. The highest BCUT2D eigenvalue weighted by molar-refractivity contribution is 5.79. The van der Waals surface area contributed by atoms with Crippen molar-refractivity contribution in [3.63, 3.8) is 0 Å². The van der Waals surface area contributed by atoms with Gasteiger partial charge >= 0.3 is 0 Å². The number of fused-ring (bicyclic) bond motifs is 1. The Bertz CT molecular complexity index is 1020. The molecule has 1 amide bonds. The number of aromatic nitrogens is 1. The molecular weight excluding hydrogens is 352 g/mol. The van der Waals surface area contributed by atoms with Crippen LogP contribution in [0.4, 0.5) is 0 Å². The number of aromatic amines is 1. The molecule has 28 heavy (non-hydrogen) atoms. The number of hydrogen-bond donors (Lipinski definition) is 2. The number of carbonyl (C=O) groups is 1. The number of benzene rings is 2. The summed E-state index contributed by atoms with van der Waals surface area (Å²) in [6.07, 6.45) is 0.904. The van der Waals surface area contributed by atoms with Crippen LogP contribution >= 0.6 is 0 Å². The monoisotopic (exact) mass is 378 g/mol. The van der Waals surface area contributed by atoms with Crippen LogP contribution in [0.15, 0.2) is 53.3 Å². The van der Waals surface area contributed by atoms with Gasteiger partial charge in [0.1, 0.15) is 5.75 Å². The van der Waals surface area contributed by atoms with Crippen LogP contribution in [0.1, 0.15) is 36.0 Å². The second-order valence-electron chi connectivity index (χ2n) is 7.19. The summed E-state index contributed by atoms with van der Waals surface area (Å²) in [6.45, 7) is 4.49. The van der Waals surface area contributed by atoms with E-state index in [4.69, 9.17) is 4.74 Å². The van der Waals surface area contributed by atoms with E-state index in [0.29, 0.717) is 24.9 Å². The summed E-state index contributed by atoms with van der Waals surface area (Å²) in [4.78, 5) is 27.4. The Kier molecular flexibility index (Phi) is 6.14. The Balaban J connectivity index is 1.55. The average molecular weight is 378 g/mol. The summed E-state index contributed by atoms with van der Waals surface area (Å²) in [7, 11) is 1.63. The van der Waals surface area contributed by atoms with Gasteiger partial charge in [0.25, 0.3) is 5.56 Å². The lowest BCUT2D eigenvalue weighted by Crippen LogP contribution is -2.28. The van der Waals surface area contributed by atoms with E-state index in [1.807, 2.05) is 62.4 Å². The molecule has 0 saturated heterocycles. The molecule has 5 nitrogen and oxygen atoms in total. The van der Waals surface area contributed by atoms with E-state index in [2.05, 4.69) is 10.3 Å². The molecule has 0 spiro atoms. The number of rotatable bonds is 7. The number of methoxy groups -OCH3 is 1. The molecule has 3 rings (SSSR count). The minimum absolute atomic E-state index is 0.0172. The molecule has 1 atom stereocenters. The maximum Gasteiger partial charge on any atom is 0.251 e. The lowest BCUT2D eigenvalue weighted by molar-refractivity contribution is -0.121. The van der Waals surface area contributed by atoms with Crippen molar-refractivity contribution in [1.82, 2.24) is 10.3 Å². The van der Waals surface area contributed by atoms with E-state index in [-0.39, 0.29) is 17.4 Å². The second kappa shape index (κ2) is 8.74. The third-order valence-electron chi connectivity index (χ3n) is 4.97. The smallest absolute Gasteiger partial charge is 0.251 e. The van der Waals surface area contributed by atoms with Crippen molar-refractivity contribution < 1.29 is 9.53 Å². The molecule has 1 aromatic heterocycles. The number of carbonyl (C=O) groups excluding carboxylic acids is 1. The molecule has 0 radical (unpaired) electrons. The number of H-pyrrole nitrogens is 1. The molecule has 2 N–H and O–H groups in total. The highest BCUT2D eigenvalue weighted by Gasteiger charge is 2.12. The van der Waals surface area contributed by atoms with E-state index < -0.39 is 0 Å². The van der Waals surface area contributed by atoms with Gasteiger partial charge in [0.15, 0.2) is 0 Å². The summed E-state index contributed by atoms with van der Waals surface area (Å²) in [6, 6.07) is 15.6.